The fraction of sp³-hybridized carbons (Fsp3) is 0.297. The Bertz CT molecular complexity index is 2590. The Morgan fingerprint density at radius 3 is 2.65 bits per heavy atom. The molecule has 1 saturated heterocycles. The minimum Gasteiger partial charge on any atom is -0.458 e. The predicted octanol–water partition coefficient (Wildman–Crippen LogP) is 4.44. The lowest BCUT2D eigenvalue weighted by Crippen LogP contribution is -2.47. The zero-order valence-corrected chi connectivity index (χ0v) is 29.8. The first-order chi connectivity index (χ1) is 26.6. The molecule has 0 aliphatic carbocycles. The van der Waals surface area contributed by atoms with Gasteiger partial charge in [-0.1, -0.05) is 0 Å². The molecule has 2 aliphatic heterocycles. The molecule has 0 N–H and O–H groups in total. The molecule has 4 bridgehead atoms. The molecule has 7 heterocycles. The van der Waals surface area contributed by atoms with Crippen molar-refractivity contribution in [2.45, 2.75) is 45.1 Å². The third-order valence-corrected chi connectivity index (χ3v) is 9.91. The number of ether oxygens (including phenoxy) is 2. The number of rotatable bonds is 5. The van der Waals surface area contributed by atoms with Gasteiger partial charge in [-0.2, -0.15) is 20.1 Å². The molecule has 0 spiro atoms. The van der Waals surface area contributed by atoms with E-state index in [1.807, 2.05) is 23.3 Å². The number of carbonyl (C=O) groups excluding carboxylic acids is 1. The van der Waals surface area contributed by atoms with Crippen LogP contribution in [0, 0.1) is 24.4 Å². The number of benzene rings is 2. The van der Waals surface area contributed by atoms with E-state index in [0.717, 1.165) is 12.1 Å². The second-order valence-electron chi connectivity index (χ2n) is 13.5. The van der Waals surface area contributed by atoms with E-state index < -0.39 is 35.7 Å². The molecule has 18 heteroatoms. The topological polar surface area (TPSA) is 147 Å². The molecule has 2 aliphatic rings. The molecular weight excluding hydrogens is 717 g/mol. The highest BCUT2D eigenvalue weighted by Crippen LogP contribution is 2.36. The quantitative estimate of drug-likeness (QED) is 0.246. The molecule has 15 nitrogen and oxygen atoms in total. The van der Waals surface area contributed by atoms with Gasteiger partial charge in [-0.15, -0.1) is 0 Å². The van der Waals surface area contributed by atoms with Gasteiger partial charge >= 0.3 is 6.01 Å². The van der Waals surface area contributed by atoms with Gasteiger partial charge in [0.2, 0.25) is 11.9 Å². The third kappa shape index (κ3) is 6.07. The highest BCUT2D eigenvalue weighted by atomic mass is 19.1. The molecule has 55 heavy (non-hydrogen) atoms. The van der Waals surface area contributed by atoms with Gasteiger partial charge in [0.05, 0.1) is 47.5 Å². The van der Waals surface area contributed by atoms with Gasteiger partial charge in [-0.05, 0) is 38.1 Å². The molecule has 0 saturated carbocycles. The van der Waals surface area contributed by atoms with Crippen LogP contribution in [0.1, 0.15) is 19.2 Å². The number of aromatic nitrogens is 10. The van der Waals surface area contributed by atoms with Crippen LogP contribution in [-0.4, -0.2) is 105 Å². The Balaban J connectivity index is 1.19. The summed E-state index contributed by atoms with van der Waals surface area (Å²) in [5.41, 5.74) is 2.26. The van der Waals surface area contributed by atoms with Gasteiger partial charge in [-0.3, -0.25) is 9.36 Å². The lowest BCUT2D eigenvalue weighted by Gasteiger charge is -2.31. The van der Waals surface area contributed by atoms with Crippen molar-refractivity contribution in [2.24, 2.45) is 0 Å². The van der Waals surface area contributed by atoms with Crippen LogP contribution < -0.4 is 9.64 Å². The zero-order chi connectivity index (χ0) is 38.0. The summed E-state index contributed by atoms with van der Waals surface area (Å²) < 4.78 is 61.6. The summed E-state index contributed by atoms with van der Waals surface area (Å²) in [6.07, 6.45) is 6.89. The summed E-state index contributed by atoms with van der Waals surface area (Å²) in [6.45, 7) is 4.80. The number of imidazole rings is 2. The van der Waals surface area contributed by atoms with Crippen LogP contribution in [0.2, 0.25) is 0 Å². The maximum absolute atomic E-state index is 15.2. The number of carbonyl (C=O) groups is 1. The Labute approximate surface area is 311 Å². The number of aryl methyl sites for hydroxylation is 1. The summed E-state index contributed by atoms with van der Waals surface area (Å²) in [5, 5.41) is 4.85. The van der Waals surface area contributed by atoms with Gasteiger partial charge in [0.1, 0.15) is 47.4 Å². The van der Waals surface area contributed by atoms with Crippen molar-refractivity contribution < 1.29 is 27.4 Å². The average Bonchev–Trinajstić information content (AvgIpc) is 3.98. The number of hydrogen-bond donors (Lipinski definition) is 0. The monoisotopic (exact) mass is 750 g/mol. The van der Waals surface area contributed by atoms with E-state index >= 15 is 8.78 Å². The van der Waals surface area contributed by atoms with Crippen LogP contribution >= 0.6 is 0 Å². The summed E-state index contributed by atoms with van der Waals surface area (Å²) >= 11 is 0. The number of amides is 1. The molecule has 280 valence electrons. The van der Waals surface area contributed by atoms with Crippen LogP contribution in [0.4, 0.5) is 19.0 Å². The van der Waals surface area contributed by atoms with Crippen molar-refractivity contribution in [1.29, 1.82) is 0 Å². The summed E-state index contributed by atoms with van der Waals surface area (Å²) in [5.74, 6) is -1.13. The van der Waals surface area contributed by atoms with Gasteiger partial charge in [0.15, 0.2) is 11.5 Å². The SMILES string of the molecule is CCO[C@H]1CN(C)C(=O)[C@@H]2C[C@@H](CN2c2nc(-n3ccnc3)nc3c2cnn3-c2ccc(F)cc2F)Oc2nccc(n2)-c2cc(F)cc3nc(C)n(c23)C1. The van der Waals surface area contributed by atoms with E-state index in [2.05, 4.69) is 20.1 Å². The molecule has 3 atom stereocenters. The van der Waals surface area contributed by atoms with Crippen molar-refractivity contribution in [3.63, 3.8) is 0 Å². The largest absolute Gasteiger partial charge is 0.458 e. The smallest absolute Gasteiger partial charge is 0.317 e. The van der Waals surface area contributed by atoms with Gasteiger partial charge < -0.3 is 23.8 Å². The lowest BCUT2D eigenvalue weighted by atomic mass is 10.1. The molecule has 7 aromatic rings. The second kappa shape index (κ2) is 13.5. The number of fused-ring (bicyclic) bond motifs is 6. The number of anilines is 1. The lowest BCUT2D eigenvalue weighted by molar-refractivity contribution is -0.133. The Kier molecular flexibility index (Phi) is 8.40. The van der Waals surface area contributed by atoms with Crippen LogP contribution in [0.5, 0.6) is 6.01 Å². The van der Waals surface area contributed by atoms with E-state index in [-0.39, 0.29) is 48.7 Å². The van der Waals surface area contributed by atoms with Gasteiger partial charge in [-0.25, -0.2) is 32.8 Å². The third-order valence-electron chi connectivity index (χ3n) is 9.91. The van der Waals surface area contributed by atoms with Crippen molar-refractivity contribution in [2.75, 3.05) is 31.6 Å². The zero-order valence-electron chi connectivity index (χ0n) is 29.8. The average molecular weight is 751 g/mol. The van der Waals surface area contributed by atoms with Crippen molar-refractivity contribution in [1.82, 2.24) is 53.7 Å². The highest BCUT2D eigenvalue weighted by Gasteiger charge is 2.42. The van der Waals surface area contributed by atoms with Crippen LogP contribution in [0.25, 0.3) is 45.0 Å². The Hall–Kier alpha value is -6.43. The van der Waals surface area contributed by atoms with E-state index in [4.69, 9.17) is 24.4 Å². The van der Waals surface area contributed by atoms with Crippen LogP contribution in [0.15, 0.2) is 67.5 Å². The minimum absolute atomic E-state index is 0.0279. The standard InChI is InChI=1S/C37H33F3N12O3/c1-4-54-24-16-48(3)35(53)31-14-23(55-37-42-8-7-28(45-37)25-11-22(39)13-29-32(25)50(18-24)20(2)44-29)17-51(31)33-26-15-43-52(30-6-5-21(38)12-27(30)40)34(26)47-36(46-33)49-10-9-41-19-49/h5-13,15,19,23-24,31H,4,14,16-18H2,1-3H3/t23-,24-,31-/m0/s1. The van der Waals surface area contributed by atoms with Gasteiger partial charge in [0, 0.05) is 62.9 Å². The fourth-order valence-electron chi connectivity index (χ4n) is 7.49. The van der Waals surface area contributed by atoms with E-state index in [1.165, 1.54) is 35.4 Å². The number of halogens is 3. The second-order valence-corrected chi connectivity index (χ2v) is 13.5. The first kappa shape index (κ1) is 34.3. The summed E-state index contributed by atoms with van der Waals surface area (Å²) in [4.78, 5) is 45.6. The summed E-state index contributed by atoms with van der Waals surface area (Å²) in [6, 6.07) is 6.90. The molecule has 0 unspecified atom stereocenters. The summed E-state index contributed by atoms with van der Waals surface area (Å²) in [7, 11) is 1.71. The number of nitrogens with zero attached hydrogens (tertiary/aromatic N) is 12. The Morgan fingerprint density at radius 1 is 0.982 bits per heavy atom. The van der Waals surface area contributed by atoms with Crippen LogP contribution in [0.3, 0.4) is 0 Å². The van der Waals surface area contributed by atoms with Crippen molar-refractivity contribution >= 4 is 33.8 Å². The van der Waals surface area contributed by atoms with Crippen LogP contribution in [-0.2, 0) is 16.1 Å². The fourth-order valence-corrected chi connectivity index (χ4v) is 7.49. The Morgan fingerprint density at radius 2 is 1.85 bits per heavy atom. The van der Waals surface area contributed by atoms with Crippen molar-refractivity contribution in [3.8, 4) is 28.9 Å². The maximum atomic E-state index is 15.2. The minimum atomic E-state index is -0.838. The number of likely N-dealkylation sites (N-methyl/N-ethyl adjacent to an activating group) is 1. The molecule has 2 aromatic carbocycles. The normalized spacial score (nSPS) is 18.9. The first-order valence-electron chi connectivity index (χ1n) is 17.6. The van der Waals surface area contributed by atoms with E-state index in [9.17, 15) is 9.18 Å². The van der Waals surface area contributed by atoms with Gasteiger partial charge in [0.25, 0.3) is 0 Å². The van der Waals surface area contributed by atoms with Crippen molar-refractivity contribution in [3.05, 3.63) is 90.8 Å². The molecule has 1 fully saturated rings. The van der Waals surface area contributed by atoms with E-state index in [1.54, 1.807) is 41.2 Å². The molecular formula is C37H33F3N12O3. The molecule has 0 radical (unpaired) electrons. The number of hydrogen-bond acceptors (Lipinski definition) is 11. The predicted molar refractivity (Wildman–Crippen MR) is 192 cm³/mol. The molecule has 5 aromatic heterocycles. The van der Waals surface area contributed by atoms with E-state index in [0.29, 0.717) is 52.5 Å². The highest BCUT2D eigenvalue weighted by molar-refractivity contribution is 5.94. The maximum Gasteiger partial charge on any atom is 0.317 e. The first-order valence-corrected chi connectivity index (χ1v) is 17.6. The molecule has 1 amide bonds. The molecule has 9 rings (SSSR count).